The summed E-state index contributed by atoms with van der Waals surface area (Å²) in [6.07, 6.45) is 2.04. The normalized spacial score (nSPS) is 13.6. The first-order valence-electron chi connectivity index (χ1n) is 18.5. The molecule has 9 rings (SSSR count). The van der Waals surface area contributed by atoms with Crippen LogP contribution in [0.5, 0.6) is 0 Å². The maximum Gasteiger partial charge on any atom is 0.139 e. The van der Waals surface area contributed by atoms with Crippen LogP contribution in [0, 0.1) is 27.7 Å². The van der Waals surface area contributed by atoms with Crippen molar-refractivity contribution in [1.29, 1.82) is 0 Å². The van der Waals surface area contributed by atoms with Crippen LogP contribution in [0.3, 0.4) is 0 Å². The summed E-state index contributed by atoms with van der Waals surface area (Å²) in [4.78, 5) is 4.80. The molecule has 0 radical (unpaired) electrons. The van der Waals surface area contributed by atoms with Crippen molar-refractivity contribution < 1.29 is 4.42 Å². The van der Waals surface area contributed by atoms with Crippen molar-refractivity contribution in [2.24, 2.45) is 0 Å². The van der Waals surface area contributed by atoms with E-state index in [2.05, 4.69) is 185 Å². The smallest absolute Gasteiger partial charge is 0.139 e. The van der Waals surface area contributed by atoms with Gasteiger partial charge >= 0.3 is 0 Å². The van der Waals surface area contributed by atoms with Gasteiger partial charge in [0.2, 0.25) is 0 Å². The standard InChI is InChI=1S/C49H44N2O/c1-31-17-20-38(27-33(31)3)50(36-13-9-7-10-14-36)40-22-24-45-42(30-40)43-29-35-19-23-44(41-25-26-49(5,6)47(46(35)41)48(43)52-45)51(37-15-11-8-12-16-37)39-21-18-32(2)34(4)28-39/h7-24,27-30H,25-26H2,1-6H3. The number of aryl methyl sites for hydroxylation is 5. The van der Waals surface area contributed by atoms with E-state index in [0.717, 1.165) is 52.1 Å². The van der Waals surface area contributed by atoms with Gasteiger partial charge in [-0.15, -0.1) is 0 Å². The molecular formula is C49H44N2O. The second kappa shape index (κ2) is 12.2. The third-order valence-electron chi connectivity index (χ3n) is 11.5. The summed E-state index contributed by atoms with van der Waals surface area (Å²) >= 11 is 0. The summed E-state index contributed by atoms with van der Waals surface area (Å²) in [7, 11) is 0. The quantitative estimate of drug-likeness (QED) is 0.175. The van der Waals surface area contributed by atoms with Crippen molar-refractivity contribution in [3.05, 3.63) is 167 Å². The molecule has 7 aromatic carbocycles. The zero-order valence-corrected chi connectivity index (χ0v) is 30.9. The Labute approximate surface area is 306 Å². The van der Waals surface area contributed by atoms with Gasteiger partial charge < -0.3 is 14.2 Å². The van der Waals surface area contributed by atoms with Gasteiger partial charge in [-0.2, -0.15) is 0 Å². The summed E-state index contributed by atoms with van der Waals surface area (Å²) < 4.78 is 6.95. The number of hydrogen-bond donors (Lipinski definition) is 0. The molecule has 0 aliphatic heterocycles. The van der Waals surface area contributed by atoms with Crippen LogP contribution in [0.1, 0.15) is 53.6 Å². The molecule has 0 saturated heterocycles. The van der Waals surface area contributed by atoms with Gasteiger partial charge in [0, 0.05) is 50.5 Å². The molecule has 0 bridgehead atoms. The van der Waals surface area contributed by atoms with Gasteiger partial charge in [-0.3, -0.25) is 0 Å². The monoisotopic (exact) mass is 676 g/mol. The molecule has 8 aromatic rings. The van der Waals surface area contributed by atoms with E-state index in [1.54, 1.807) is 0 Å². The molecule has 3 nitrogen and oxygen atoms in total. The minimum Gasteiger partial charge on any atom is -0.456 e. The Kier molecular flexibility index (Phi) is 7.52. The summed E-state index contributed by atoms with van der Waals surface area (Å²) in [5.41, 5.74) is 16.7. The molecule has 0 saturated carbocycles. The summed E-state index contributed by atoms with van der Waals surface area (Å²) in [6.45, 7) is 13.5. The predicted octanol–water partition coefficient (Wildman–Crippen LogP) is 14.1. The zero-order valence-electron chi connectivity index (χ0n) is 30.9. The number of fused-ring (bicyclic) bond motifs is 4. The van der Waals surface area contributed by atoms with Gasteiger partial charge in [-0.1, -0.05) is 68.4 Å². The Bertz CT molecular complexity index is 2650. The van der Waals surface area contributed by atoms with E-state index in [0.29, 0.717) is 0 Å². The molecule has 1 heterocycles. The lowest BCUT2D eigenvalue weighted by Crippen LogP contribution is -2.24. The lowest BCUT2D eigenvalue weighted by molar-refractivity contribution is 0.471. The van der Waals surface area contributed by atoms with Crippen molar-refractivity contribution in [3.63, 3.8) is 0 Å². The molecule has 0 amide bonds. The zero-order chi connectivity index (χ0) is 35.7. The van der Waals surface area contributed by atoms with Crippen LogP contribution < -0.4 is 9.80 Å². The molecule has 0 atom stereocenters. The maximum atomic E-state index is 6.95. The highest BCUT2D eigenvalue weighted by atomic mass is 16.3. The fraction of sp³-hybridized carbons (Fsp3) is 0.184. The van der Waals surface area contributed by atoms with Gasteiger partial charge in [0.1, 0.15) is 11.2 Å². The Hall–Kier alpha value is -5.80. The van der Waals surface area contributed by atoms with Crippen molar-refractivity contribution >= 4 is 66.8 Å². The highest BCUT2D eigenvalue weighted by Crippen LogP contribution is 2.51. The van der Waals surface area contributed by atoms with Gasteiger partial charge in [0.05, 0.1) is 0 Å². The highest BCUT2D eigenvalue weighted by molar-refractivity contribution is 6.15. The molecule has 0 fully saturated rings. The van der Waals surface area contributed by atoms with Crippen LogP contribution in [-0.2, 0) is 11.8 Å². The molecule has 1 aromatic heterocycles. The van der Waals surface area contributed by atoms with Crippen LogP contribution in [0.2, 0.25) is 0 Å². The van der Waals surface area contributed by atoms with Crippen LogP contribution in [0.15, 0.2) is 138 Å². The third kappa shape index (κ3) is 5.18. The van der Waals surface area contributed by atoms with Crippen molar-refractivity contribution in [3.8, 4) is 0 Å². The Morgan fingerprint density at radius 1 is 0.519 bits per heavy atom. The van der Waals surface area contributed by atoms with E-state index in [1.165, 1.54) is 60.9 Å². The second-order valence-corrected chi connectivity index (χ2v) is 15.3. The van der Waals surface area contributed by atoms with E-state index in [1.807, 2.05) is 0 Å². The second-order valence-electron chi connectivity index (χ2n) is 15.3. The Balaban J connectivity index is 1.28. The fourth-order valence-electron chi connectivity index (χ4n) is 8.34. The van der Waals surface area contributed by atoms with E-state index >= 15 is 0 Å². The first-order chi connectivity index (χ1) is 25.2. The van der Waals surface area contributed by atoms with Gasteiger partial charge in [-0.05, 0) is 163 Å². The first kappa shape index (κ1) is 32.1. The minimum atomic E-state index is -0.0619. The molecule has 0 unspecified atom stereocenters. The average Bonchev–Trinajstić information content (AvgIpc) is 3.51. The SMILES string of the molecule is Cc1ccc(N(c2ccccc2)c2ccc3oc4c5c6c(c(N(c7ccccc7)c7ccc(C)c(C)c7)ccc6cc4c3c2)CCC5(C)C)cc1C. The van der Waals surface area contributed by atoms with Gasteiger partial charge in [0.15, 0.2) is 0 Å². The van der Waals surface area contributed by atoms with E-state index in [9.17, 15) is 0 Å². The van der Waals surface area contributed by atoms with Crippen LogP contribution in [0.4, 0.5) is 34.1 Å². The fourth-order valence-corrected chi connectivity index (χ4v) is 8.34. The van der Waals surface area contributed by atoms with Crippen molar-refractivity contribution in [2.45, 2.75) is 59.8 Å². The molecule has 256 valence electrons. The average molecular weight is 677 g/mol. The minimum absolute atomic E-state index is 0.0619. The topological polar surface area (TPSA) is 19.6 Å². The number of nitrogens with zero attached hydrogens (tertiary/aromatic N) is 2. The summed E-state index contributed by atoms with van der Waals surface area (Å²) in [5.74, 6) is 0. The van der Waals surface area contributed by atoms with Crippen LogP contribution in [0.25, 0.3) is 32.7 Å². The van der Waals surface area contributed by atoms with Crippen molar-refractivity contribution in [1.82, 2.24) is 0 Å². The number of hydrogen-bond acceptors (Lipinski definition) is 3. The largest absolute Gasteiger partial charge is 0.456 e. The molecular weight excluding hydrogens is 633 g/mol. The number of rotatable bonds is 6. The lowest BCUT2D eigenvalue weighted by atomic mass is 9.71. The molecule has 52 heavy (non-hydrogen) atoms. The van der Waals surface area contributed by atoms with Gasteiger partial charge in [-0.25, -0.2) is 0 Å². The third-order valence-corrected chi connectivity index (χ3v) is 11.5. The lowest BCUT2D eigenvalue weighted by Gasteiger charge is -2.36. The van der Waals surface area contributed by atoms with Gasteiger partial charge in [0.25, 0.3) is 0 Å². The Morgan fingerprint density at radius 3 is 1.73 bits per heavy atom. The number of anilines is 6. The summed E-state index contributed by atoms with van der Waals surface area (Å²) in [6, 6.07) is 48.8. The number of benzene rings is 7. The van der Waals surface area contributed by atoms with E-state index in [-0.39, 0.29) is 5.41 Å². The van der Waals surface area contributed by atoms with Crippen LogP contribution in [-0.4, -0.2) is 0 Å². The molecule has 3 heteroatoms. The predicted molar refractivity (Wildman–Crippen MR) is 221 cm³/mol. The van der Waals surface area contributed by atoms with Crippen molar-refractivity contribution in [2.75, 3.05) is 9.80 Å². The molecule has 1 aliphatic rings. The molecule has 1 aliphatic carbocycles. The van der Waals surface area contributed by atoms with E-state index in [4.69, 9.17) is 4.42 Å². The summed E-state index contributed by atoms with van der Waals surface area (Å²) in [5, 5.41) is 4.93. The van der Waals surface area contributed by atoms with E-state index < -0.39 is 0 Å². The maximum absolute atomic E-state index is 6.95. The number of para-hydroxylation sites is 2. The highest BCUT2D eigenvalue weighted by Gasteiger charge is 2.35. The Morgan fingerprint density at radius 2 is 1.10 bits per heavy atom. The molecule has 0 N–H and O–H groups in total. The first-order valence-corrected chi connectivity index (χ1v) is 18.5. The number of furan rings is 1. The molecule has 0 spiro atoms. The van der Waals surface area contributed by atoms with Crippen LogP contribution >= 0.6 is 0 Å².